The first-order chi connectivity index (χ1) is 11.6. The molecule has 124 valence electrons. The van der Waals surface area contributed by atoms with Crippen molar-refractivity contribution < 1.29 is 19.0 Å². The molecule has 0 aromatic heterocycles. The van der Waals surface area contributed by atoms with Gasteiger partial charge in [0, 0.05) is 24.2 Å². The normalized spacial score (nSPS) is 16.3. The minimum absolute atomic E-state index is 0.0324. The number of fused-ring (bicyclic) bond motifs is 1. The number of benzene rings is 2. The zero-order valence-electron chi connectivity index (χ0n) is 13.4. The molecule has 1 aliphatic rings. The Kier molecular flexibility index (Phi) is 4.28. The summed E-state index contributed by atoms with van der Waals surface area (Å²) in [6.45, 7) is 0.611. The highest BCUT2D eigenvalue weighted by atomic mass is 19.1. The summed E-state index contributed by atoms with van der Waals surface area (Å²) in [5.41, 5.74) is 1.86. The minimum atomic E-state index is -0.839. The van der Waals surface area contributed by atoms with E-state index in [-0.39, 0.29) is 12.1 Å². The Morgan fingerprint density at radius 2 is 1.92 bits per heavy atom. The minimum Gasteiger partial charge on any atom is -0.496 e. The van der Waals surface area contributed by atoms with E-state index in [1.54, 1.807) is 43.4 Å². The van der Waals surface area contributed by atoms with Gasteiger partial charge in [0.15, 0.2) is 0 Å². The van der Waals surface area contributed by atoms with Crippen LogP contribution in [0.5, 0.6) is 11.5 Å². The van der Waals surface area contributed by atoms with E-state index in [1.165, 1.54) is 6.07 Å². The predicted octanol–water partition coefficient (Wildman–Crippen LogP) is 2.77. The van der Waals surface area contributed by atoms with Gasteiger partial charge in [-0.1, -0.05) is 6.07 Å². The third-order valence-electron chi connectivity index (χ3n) is 4.23. The molecule has 0 fully saturated rings. The number of aliphatic hydroxyl groups excluding tert-OH is 1. The molecule has 1 atom stereocenters. The first kappa shape index (κ1) is 16.1. The van der Waals surface area contributed by atoms with Crippen LogP contribution in [0.3, 0.4) is 0 Å². The summed E-state index contributed by atoms with van der Waals surface area (Å²) in [7, 11) is 3.10. The van der Waals surface area contributed by atoms with Crippen LogP contribution in [0.15, 0.2) is 30.3 Å². The number of nitrogens with zero attached hydrogens (tertiary/aromatic N) is 2. The second kappa shape index (κ2) is 6.38. The summed E-state index contributed by atoms with van der Waals surface area (Å²) < 4.78 is 24.6. The molecule has 2 aromatic rings. The lowest BCUT2D eigenvalue weighted by Crippen LogP contribution is -2.34. The Morgan fingerprint density at radius 1 is 1.21 bits per heavy atom. The summed E-state index contributed by atoms with van der Waals surface area (Å²) in [5, 5.41) is 19.9. The average Bonchev–Trinajstić information content (AvgIpc) is 2.60. The van der Waals surface area contributed by atoms with Crippen molar-refractivity contribution in [1.29, 1.82) is 5.26 Å². The van der Waals surface area contributed by atoms with Crippen LogP contribution in [0.25, 0.3) is 0 Å². The van der Waals surface area contributed by atoms with Gasteiger partial charge in [0.2, 0.25) is 0 Å². The van der Waals surface area contributed by atoms with Gasteiger partial charge in [0.1, 0.15) is 35.1 Å². The molecule has 1 aliphatic heterocycles. The summed E-state index contributed by atoms with van der Waals surface area (Å²) in [5.74, 6) is 0.620. The highest BCUT2D eigenvalue weighted by Crippen LogP contribution is 2.41. The van der Waals surface area contributed by atoms with Crippen LogP contribution in [-0.4, -0.2) is 25.9 Å². The maximum Gasteiger partial charge on any atom is 0.143 e. The van der Waals surface area contributed by atoms with Crippen molar-refractivity contribution in [2.45, 2.75) is 12.6 Å². The van der Waals surface area contributed by atoms with Crippen molar-refractivity contribution in [3.63, 3.8) is 0 Å². The van der Waals surface area contributed by atoms with Crippen molar-refractivity contribution in [2.24, 2.45) is 0 Å². The molecule has 0 saturated heterocycles. The summed E-state index contributed by atoms with van der Waals surface area (Å²) in [4.78, 5) is 1.77. The monoisotopic (exact) mass is 328 g/mol. The average molecular weight is 328 g/mol. The number of aliphatic hydroxyl groups is 1. The molecule has 1 N–H and O–H groups in total. The second-order valence-corrected chi connectivity index (χ2v) is 5.50. The van der Waals surface area contributed by atoms with Crippen LogP contribution in [0.4, 0.5) is 10.1 Å². The Labute approximate surface area is 139 Å². The highest BCUT2D eigenvalue weighted by molar-refractivity contribution is 5.63. The zero-order valence-corrected chi connectivity index (χ0v) is 13.4. The quantitative estimate of drug-likeness (QED) is 0.938. The van der Waals surface area contributed by atoms with Crippen LogP contribution >= 0.6 is 0 Å². The van der Waals surface area contributed by atoms with Gasteiger partial charge < -0.3 is 19.5 Å². The van der Waals surface area contributed by atoms with Crippen molar-refractivity contribution >= 4 is 5.69 Å². The lowest BCUT2D eigenvalue weighted by atomic mass is 9.94. The Bertz CT molecular complexity index is 817. The van der Waals surface area contributed by atoms with E-state index >= 15 is 0 Å². The number of β-amino-alcohol motifs (C(OH)–C–C–N with tert-alkyl or cyclic N) is 1. The molecule has 0 spiro atoms. The van der Waals surface area contributed by atoms with Gasteiger partial charge in [-0.2, -0.15) is 5.26 Å². The molecule has 2 aromatic carbocycles. The van der Waals surface area contributed by atoms with Gasteiger partial charge in [-0.25, -0.2) is 4.39 Å². The summed E-state index contributed by atoms with van der Waals surface area (Å²) in [6, 6.07) is 9.89. The van der Waals surface area contributed by atoms with Crippen molar-refractivity contribution in [1.82, 2.24) is 0 Å². The standard InChI is InChI=1S/C18H17FN2O3/c1-23-16-6-7-17(24-2)18-12(16)9-21(10-15(18)22)14-5-3-4-13(19)11(14)8-20/h3-7,15,22H,9-10H2,1-2H3/t15-/m1/s1. The van der Waals surface area contributed by atoms with Crippen molar-refractivity contribution in [2.75, 3.05) is 25.7 Å². The first-order valence-corrected chi connectivity index (χ1v) is 7.46. The van der Waals surface area contributed by atoms with Gasteiger partial charge in [0.25, 0.3) is 0 Å². The van der Waals surface area contributed by atoms with Gasteiger partial charge in [-0.05, 0) is 24.3 Å². The molecule has 0 bridgehead atoms. The maximum absolute atomic E-state index is 13.9. The van der Waals surface area contributed by atoms with E-state index in [4.69, 9.17) is 9.47 Å². The molecule has 0 saturated carbocycles. The van der Waals surface area contributed by atoms with Crippen LogP contribution in [0.1, 0.15) is 22.8 Å². The maximum atomic E-state index is 13.9. The van der Waals surface area contributed by atoms with E-state index in [0.29, 0.717) is 29.3 Å². The predicted molar refractivity (Wildman–Crippen MR) is 86.7 cm³/mol. The number of halogens is 1. The summed E-state index contributed by atoms with van der Waals surface area (Å²) >= 11 is 0. The van der Waals surface area contributed by atoms with Crippen molar-refractivity contribution in [3.05, 3.63) is 52.8 Å². The van der Waals surface area contributed by atoms with Crippen molar-refractivity contribution in [3.8, 4) is 17.6 Å². The summed E-state index contributed by atoms with van der Waals surface area (Å²) in [6.07, 6.45) is -0.839. The van der Waals surface area contributed by atoms with Crippen LogP contribution < -0.4 is 14.4 Å². The number of rotatable bonds is 3. The fourth-order valence-corrected chi connectivity index (χ4v) is 3.15. The van der Waals surface area contributed by atoms with Gasteiger partial charge >= 0.3 is 0 Å². The van der Waals surface area contributed by atoms with Gasteiger partial charge in [-0.3, -0.25) is 0 Å². The lowest BCUT2D eigenvalue weighted by Gasteiger charge is -2.35. The third-order valence-corrected chi connectivity index (χ3v) is 4.23. The van der Waals surface area contributed by atoms with E-state index < -0.39 is 11.9 Å². The highest BCUT2D eigenvalue weighted by Gasteiger charge is 2.31. The zero-order chi connectivity index (χ0) is 17.3. The van der Waals surface area contributed by atoms with E-state index in [2.05, 4.69) is 0 Å². The largest absolute Gasteiger partial charge is 0.496 e. The molecule has 1 heterocycles. The van der Waals surface area contributed by atoms with E-state index in [0.717, 1.165) is 5.56 Å². The SMILES string of the molecule is COc1ccc(OC)c2c1CN(c1cccc(F)c1C#N)C[C@H]2O. The molecule has 5 nitrogen and oxygen atoms in total. The number of nitriles is 1. The molecule has 3 rings (SSSR count). The Balaban J connectivity index is 2.10. The molecule has 0 amide bonds. The molecule has 0 unspecified atom stereocenters. The molecular weight excluding hydrogens is 311 g/mol. The molecule has 0 aliphatic carbocycles. The fraction of sp³-hybridized carbons (Fsp3) is 0.278. The Morgan fingerprint density at radius 3 is 2.58 bits per heavy atom. The number of hydrogen-bond acceptors (Lipinski definition) is 5. The molecule has 6 heteroatoms. The number of methoxy groups -OCH3 is 2. The molecular formula is C18H17FN2O3. The van der Waals surface area contributed by atoms with E-state index in [1.807, 2.05) is 6.07 Å². The number of ether oxygens (including phenoxy) is 2. The lowest BCUT2D eigenvalue weighted by molar-refractivity contribution is 0.169. The number of anilines is 1. The van der Waals surface area contributed by atoms with E-state index in [9.17, 15) is 14.8 Å². The van der Waals surface area contributed by atoms with Crippen LogP contribution in [0.2, 0.25) is 0 Å². The molecule has 0 radical (unpaired) electrons. The fourth-order valence-electron chi connectivity index (χ4n) is 3.15. The van der Waals surface area contributed by atoms with Gasteiger partial charge in [-0.15, -0.1) is 0 Å². The third kappa shape index (κ3) is 2.53. The topological polar surface area (TPSA) is 65.7 Å². The van der Waals surface area contributed by atoms with Gasteiger partial charge in [0.05, 0.1) is 19.9 Å². The smallest absolute Gasteiger partial charge is 0.143 e. The second-order valence-electron chi connectivity index (χ2n) is 5.50. The Hall–Kier alpha value is -2.78. The van der Waals surface area contributed by atoms with Crippen LogP contribution in [-0.2, 0) is 6.54 Å². The number of hydrogen-bond donors (Lipinski definition) is 1. The van der Waals surface area contributed by atoms with Crippen LogP contribution in [0, 0.1) is 17.1 Å². The molecule has 24 heavy (non-hydrogen) atoms. The first-order valence-electron chi connectivity index (χ1n) is 7.46.